The molecule has 0 saturated carbocycles. The van der Waals surface area contributed by atoms with Gasteiger partial charge in [-0.25, -0.2) is 0 Å². The van der Waals surface area contributed by atoms with Crippen LogP contribution >= 0.6 is 0 Å². The number of methoxy groups -OCH3 is 2. The Bertz CT molecular complexity index is 1970. The predicted octanol–water partition coefficient (Wildman–Crippen LogP) is 6.34. The largest absolute Gasteiger partial charge is 0.497 e. The summed E-state index contributed by atoms with van der Waals surface area (Å²) in [6.07, 6.45) is -1.37. The molecular formula is C43H56N6O10. The maximum absolute atomic E-state index is 14.1. The van der Waals surface area contributed by atoms with Crippen molar-refractivity contribution in [2.24, 2.45) is 11.0 Å². The molecule has 1 aliphatic heterocycles. The molecule has 16 nitrogen and oxygen atoms in total. The first kappa shape index (κ1) is 45.9. The van der Waals surface area contributed by atoms with E-state index in [-0.39, 0.29) is 18.8 Å². The summed E-state index contributed by atoms with van der Waals surface area (Å²) >= 11 is 0. The van der Waals surface area contributed by atoms with Crippen LogP contribution in [0.2, 0.25) is 0 Å². The number of nitrogens with one attached hydrogen (secondary N) is 2. The quantitative estimate of drug-likeness (QED) is 0.0628. The number of benzene rings is 3. The lowest BCUT2D eigenvalue weighted by Gasteiger charge is -2.38. The third-order valence-corrected chi connectivity index (χ3v) is 9.86. The maximum atomic E-state index is 14.1. The molecule has 6 atom stereocenters. The summed E-state index contributed by atoms with van der Waals surface area (Å²) in [5.41, 5.74) is 9.09. The molecule has 0 spiro atoms. The number of carbonyl (C=O) groups is 4. The topological polar surface area (TPSA) is 200 Å². The van der Waals surface area contributed by atoms with E-state index >= 15 is 0 Å². The zero-order valence-electron chi connectivity index (χ0n) is 35.4. The number of ether oxygens (including phenoxy) is 6. The van der Waals surface area contributed by atoms with Gasteiger partial charge in [-0.2, -0.15) is 0 Å². The fourth-order valence-corrected chi connectivity index (χ4v) is 6.55. The van der Waals surface area contributed by atoms with Gasteiger partial charge in [0.15, 0.2) is 11.5 Å². The lowest BCUT2D eigenvalue weighted by Crippen LogP contribution is -2.63. The second kappa shape index (κ2) is 20.2. The zero-order valence-corrected chi connectivity index (χ0v) is 35.4. The average molecular weight is 817 g/mol. The van der Waals surface area contributed by atoms with E-state index in [2.05, 4.69) is 20.7 Å². The molecule has 0 aromatic heterocycles. The van der Waals surface area contributed by atoms with Crippen LogP contribution in [0.3, 0.4) is 0 Å². The molecule has 16 heteroatoms. The number of amides is 2. The summed E-state index contributed by atoms with van der Waals surface area (Å²) in [5, 5.41) is 9.01. The molecule has 1 saturated heterocycles. The molecule has 1 unspecified atom stereocenters. The van der Waals surface area contributed by atoms with Crippen molar-refractivity contribution in [3.05, 3.63) is 99.9 Å². The van der Waals surface area contributed by atoms with Gasteiger partial charge in [0, 0.05) is 4.91 Å². The lowest BCUT2D eigenvalue weighted by molar-refractivity contribution is -0.155. The third kappa shape index (κ3) is 11.9. The SMILES string of the molecule is CC[C@](C)(Oc1cc([C@H]2OC(c3ccc(OC)cc3)N(C)[C@@H]2C(=O)OC)ccc1OCc1ccccc1)[C@H](NC(=O)[C@@H](N=[N+]=[N-])C(C)C)C(=O)NCC(=O)OC(C)(C)C. The predicted molar refractivity (Wildman–Crippen MR) is 218 cm³/mol. The molecule has 2 N–H and O–H groups in total. The van der Waals surface area contributed by atoms with E-state index in [0.717, 1.165) is 11.1 Å². The van der Waals surface area contributed by atoms with E-state index in [9.17, 15) is 24.7 Å². The first-order chi connectivity index (χ1) is 27.9. The molecule has 3 aromatic rings. The summed E-state index contributed by atoms with van der Waals surface area (Å²) in [7, 11) is 4.65. The standard InChI is InChI=1S/C43H56N6O10/c1-11-43(7,37(46-38(51)34(26(2)3)47-48-44)39(52)45-24-33(50)59-42(4,5)6)58-32-23-29(19-22-31(32)56-25-27-15-13-12-14-16-27)36-35(41(53)55-10)49(8)40(57-36)28-17-20-30(54-9)21-18-28/h12-23,26,34-37,40H,11,24-25H2,1-10H3,(H,45,52)(H,46,51)/t34-,35-,36+,37+,40?,43-/m0/s1. The minimum atomic E-state index is -1.53. The number of hydrogen-bond donors (Lipinski definition) is 2. The monoisotopic (exact) mass is 816 g/mol. The number of nitrogens with zero attached hydrogens (tertiary/aromatic N) is 4. The maximum Gasteiger partial charge on any atom is 0.326 e. The molecule has 318 valence electrons. The van der Waals surface area contributed by atoms with Crippen molar-refractivity contribution < 1.29 is 47.6 Å². The summed E-state index contributed by atoms with van der Waals surface area (Å²) in [4.78, 5) is 58.6. The van der Waals surface area contributed by atoms with Crippen LogP contribution in [-0.2, 0) is 40.0 Å². The van der Waals surface area contributed by atoms with Gasteiger partial charge in [-0.1, -0.05) is 74.4 Å². The Morgan fingerprint density at radius 2 is 1.59 bits per heavy atom. The molecular weight excluding hydrogens is 761 g/mol. The Labute approximate surface area is 345 Å². The van der Waals surface area contributed by atoms with Crippen LogP contribution < -0.4 is 24.8 Å². The van der Waals surface area contributed by atoms with Gasteiger partial charge in [0.05, 0.1) is 14.2 Å². The molecule has 0 aliphatic carbocycles. The van der Waals surface area contributed by atoms with Crippen LogP contribution in [0.25, 0.3) is 10.4 Å². The van der Waals surface area contributed by atoms with Gasteiger partial charge in [0.1, 0.15) is 60.6 Å². The zero-order chi connectivity index (χ0) is 43.5. The van der Waals surface area contributed by atoms with Gasteiger partial charge in [-0.3, -0.25) is 24.1 Å². The summed E-state index contributed by atoms with van der Waals surface area (Å²) < 4.78 is 35.7. The van der Waals surface area contributed by atoms with Crippen molar-refractivity contribution in [1.82, 2.24) is 15.5 Å². The number of hydrogen-bond acceptors (Lipinski definition) is 12. The van der Waals surface area contributed by atoms with Crippen LogP contribution in [0, 0.1) is 5.92 Å². The van der Waals surface area contributed by atoms with E-state index in [4.69, 9.17) is 28.4 Å². The number of carbonyl (C=O) groups excluding carboxylic acids is 4. The summed E-state index contributed by atoms with van der Waals surface area (Å²) in [5.74, 6) is -2.00. The van der Waals surface area contributed by atoms with Crippen LogP contribution in [-0.4, -0.2) is 85.8 Å². The molecule has 0 radical (unpaired) electrons. The van der Waals surface area contributed by atoms with Crippen LogP contribution in [0.1, 0.15) is 83.9 Å². The van der Waals surface area contributed by atoms with Crippen molar-refractivity contribution in [1.29, 1.82) is 0 Å². The van der Waals surface area contributed by atoms with Crippen molar-refractivity contribution in [3.63, 3.8) is 0 Å². The molecule has 59 heavy (non-hydrogen) atoms. The second-order valence-electron chi connectivity index (χ2n) is 15.7. The number of likely N-dealkylation sites (N-methyl/N-ethyl adjacent to an activating group) is 1. The molecule has 1 fully saturated rings. The van der Waals surface area contributed by atoms with E-state index < -0.39 is 77.9 Å². The Hall–Kier alpha value is -5.83. The number of esters is 2. The Kier molecular flexibility index (Phi) is 15.7. The van der Waals surface area contributed by atoms with Crippen LogP contribution in [0.4, 0.5) is 0 Å². The highest BCUT2D eigenvalue weighted by atomic mass is 16.6. The van der Waals surface area contributed by atoms with E-state index in [1.165, 1.54) is 7.11 Å². The molecule has 2 amide bonds. The average Bonchev–Trinajstić information content (AvgIpc) is 3.56. The highest BCUT2D eigenvalue weighted by molar-refractivity contribution is 5.92. The second-order valence-corrected chi connectivity index (χ2v) is 15.7. The minimum absolute atomic E-state index is 0.140. The molecule has 1 heterocycles. The summed E-state index contributed by atoms with van der Waals surface area (Å²) in [6, 6.07) is 18.4. The highest BCUT2D eigenvalue weighted by Gasteiger charge is 2.47. The number of azide groups is 1. The molecule has 0 bridgehead atoms. The van der Waals surface area contributed by atoms with Gasteiger partial charge in [-0.05, 0) is 93.6 Å². The molecule has 4 rings (SSSR count). The fraction of sp³-hybridized carbons (Fsp3) is 0.488. The van der Waals surface area contributed by atoms with Crippen molar-refractivity contribution in [2.75, 3.05) is 27.8 Å². The van der Waals surface area contributed by atoms with Crippen LogP contribution in [0.5, 0.6) is 17.2 Å². The molecule has 1 aliphatic rings. The van der Waals surface area contributed by atoms with E-state index in [1.807, 2.05) is 42.5 Å². The first-order valence-electron chi connectivity index (χ1n) is 19.4. The van der Waals surface area contributed by atoms with Crippen molar-refractivity contribution in [3.8, 4) is 17.2 Å². The Balaban J connectivity index is 1.80. The van der Waals surface area contributed by atoms with Crippen molar-refractivity contribution >= 4 is 23.8 Å². The number of rotatable bonds is 18. The van der Waals surface area contributed by atoms with Crippen LogP contribution in [0.15, 0.2) is 77.9 Å². The fourth-order valence-electron chi connectivity index (χ4n) is 6.55. The highest BCUT2D eigenvalue weighted by Crippen LogP contribution is 2.45. The molecule has 3 aromatic carbocycles. The Morgan fingerprint density at radius 1 is 0.932 bits per heavy atom. The van der Waals surface area contributed by atoms with E-state index in [1.54, 1.807) is 97.9 Å². The normalized spacial score (nSPS) is 18.7. The summed E-state index contributed by atoms with van der Waals surface area (Å²) in [6.45, 7) is 11.6. The van der Waals surface area contributed by atoms with E-state index in [0.29, 0.717) is 17.1 Å². The first-order valence-corrected chi connectivity index (χ1v) is 19.4. The lowest BCUT2D eigenvalue weighted by atomic mass is 9.91. The Morgan fingerprint density at radius 3 is 2.17 bits per heavy atom. The van der Waals surface area contributed by atoms with Crippen molar-refractivity contribution in [2.45, 2.75) is 103 Å². The van der Waals surface area contributed by atoms with Gasteiger partial charge >= 0.3 is 11.9 Å². The van der Waals surface area contributed by atoms with Gasteiger partial charge in [-0.15, -0.1) is 0 Å². The van der Waals surface area contributed by atoms with Gasteiger partial charge in [0.25, 0.3) is 0 Å². The van der Waals surface area contributed by atoms with Gasteiger partial charge < -0.3 is 39.1 Å². The minimum Gasteiger partial charge on any atom is -0.497 e. The smallest absolute Gasteiger partial charge is 0.326 e. The third-order valence-electron chi connectivity index (χ3n) is 9.86. The van der Waals surface area contributed by atoms with Gasteiger partial charge in [0.2, 0.25) is 11.8 Å².